The maximum Gasteiger partial charge on any atom is 0.146 e. The van der Waals surface area contributed by atoms with Crippen LogP contribution in [0.1, 0.15) is 25.0 Å². The molecule has 0 amide bonds. The van der Waals surface area contributed by atoms with Crippen LogP contribution in [0.5, 0.6) is 0 Å². The highest BCUT2D eigenvalue weighted by atomic mass is 19.1. The Bertz CT molecular complexity index is 380. The lowest BCUT2D eigenvalue weighted by Gasteiger charge is -2.24. The molecule has 102 valence electrons. The van der Waals surface area contributed by atoms with Crippen LogP contribution in [-0.4, -0.2) is 44.2 Å². The average molecular weight is 254 g/mol. The van der Waals surface area contributed by atoms with Crippen molar-refractivity contribution in [2.75, 3.05) is 39.1 Å². The molecule has 0 aliphatic carbocycles. The minimum Gasteiger partial charge on any atom is -0.389 e. The van der Waals surface area contributed by atoms with Gasteiger partial charge in [0, 0.05) is 19.2 Å². The van der Waals surface area contributed by atoms with Crippen molar-refractivity contribution < 1.29 is 9.50 Å². The van der Waals surface area contributed by atoms with Crippen LogP contribution >= 0.6 is 0 Å². The second kappa shape index (κ2) is 6.71. The molecule has 1 aromatic rings. The van der Waals surface area contributed by atoms with Crippen molar-refractivity contribution in [2.24, 2.45) is 0 Å². The van der Waals surface area contributed by atoms with Gasteiger partial charge in [-0.3, -0.25) is 0 Å². The Balaban J connectivity index is 2.80. The van der Waals surface area contributed by atoms with Crippen LogP contribution in [0, 0.1) is 5.82 Å². The van der Waals surface area contributed by atoms with Crippen LogP contribution in [-0.2, 0) is 0 Å². The first kappa shape index (κ1) is 14.9. The van der Waals surface area contributed by atoms with Crippen molar-refractivity contribution in [3.63, 3.8) is 0 Å². The molecule has 0 radical (unpaired) electrons. The molecule has 4 heteroatoms. The number of benzene rings is 1. The molecule has 0 aliphatic heterocycles. The molecule has 1 atom stereocenters. The van der Waals surface area contributed by atoms with Gasteiger partial charge in [-0.1, -0.05) is 12.1 Å². The lowest BCUT2D eigenvalue weighted by Crippen LogP contribution is -2.25. The number of halogens is 1. The first-order valence-electron chi connectivity index (χ1n) is 6.25. The van der Waals surface area contributed by atoms with Gasteiger partial charge in [0.15, 0.2) is 0 Å². The summed E-state index contributed by atoms with van der Waals surface area (Å²) in [5.41, 5.74) is 1.15. The smallest absolute Gasteiger partial charge is 0.146 e. The van der Waals surface area contributed by atoms with E-state index in [4.69, 9.17) is 0 Å². The van der Waals surface area contributed by atoms with Gasteiger partial charge in [0.1, 0.15) is 5.82 Å². The number of nitrogens with zero attached hydrogens (tertiary/aromatic N) is 2. The van der Waals surface area contributed by atoms with Crippen molar-refractivity contribution >= 4 is 5.69 Å². The Hall–Kier alpha value is -1.13. The fraction of sp³-hybridized carbons (Fsp3) is 0.571. The zero-order valence-corrected chi connectivity index (χ0v) is 11.7. The van der Waals surface area contributed by atoms with Crippen LogP contribution in [0.3, 0.4) is 0 Å². The van der Waals surface area contributed by atoms with E-state index >= 15 is 0 Å². The highest BCUT2D eigenvalue weighted by molar-refractivity contribution is 5.55. The van der Waals surface area contributed by atoms with Gasteiger partial charge in [0.25, 0.3) is 0 Å². The van der Waals surface area contributed by atoms with Crippen molar-refractivity contribution in [3.8, 4) is 0 Å². The molecular formula is C14H23FN2O. The Morgan fingerprint density at radius 1 is 1.22 bits per heavy atom. The molecule has 0 bridgehead atoms. The minimum absolute atomic E-state index is 0.277. The third-order valence-corrected chi connectivity index (χ3v) is 2.95. The lowest BCUT2D eigenvalue weighted by molar-refractivity contribution is 0.199. The molecule has 18 heavy (non-hydrogen) atoms. The van der Waals surface area contributed by atoms with E-state index in [1.165, 1.54) is 6.07 Å². The Labute approximate surface area is 109 Å². The minimum atomic E-state index is -0.660. The molecule has 0 heterocycles. The van der Waals surface area contributed by atoms with Crippen LogP contribution in [0.4, 0.5) is 10.1 Å². The predicted octanol–water partition coefficient (Wildman–Crippen LogP) is 2.27. The molecule has 0 fully saturated rings. The lowest BCUT2D eigenvalue weighted by atomic mass is 10.1. The quantitative estimate of drug-likeness (QED) is 0.843. The van der Waals surface area contributed by atoms with Crippen molar-refractivity contribution in [1.82, 2.24) is 4.90 Å². The van der Waals surface area contributed by atoms with Gasteiger partial charge in [-0.2, -0.15) is 0 Å². The second-order valence-electron chi connectivity index (χ2n) is 4.93. The maximum absolute atomic E-state index is 13.9. The summed E-state index contributed by atoms with van der Waals surface area (Å²) < 4.78 is 13.9. The number of para-hydroxylation sites is 1. The van der Waals surface area contributed by atoms with E-state index in [2.05, 4.69) is 4.90 Å². The normalized spacial score (nSPS) is 12.8. The first-order chi connectivity index (χ1) is 8.43. The summed E-state index contributed by atoms with van der Waals surface area (Å²) in [6.45, 7) is 3.38. The largest absolute Gasteiger partial charge is 0.389 e. The van der Waals surface area contributed by atoms with E-state index in [1.54, 1.807) is 19.1 Å². The topological polar surface area (TPSA) is 26.7 Å². The second-order valence-corrected chi connectivity index (χ2v) is 4.93. The van der Waals surface area contributed by atoms with Gasteiger partial charge in [-0.25, -0.2) is 4.39 Å². The average Bonchev–Trinajstić information content (AvgIpc) is 2.27. The van der Waals surface area contributed by atoms with Crippen molar-refractivity contribution in [1.29, 1.82) is 0 Å². The summed E-state index contributed by atoms with van der Waals surface area (Å²) in [4.78, 5) is 3.98. The highest BCUT2D eigenvalue weighted by Gasteiger charge is 2.15. The van der Waals surface area contributed by atoms with E-state index in [9.17, 15) is 9.50 Å². The third-order valence-electron chi connectivity index (χ3n) is 2.95. The van der Waals surface area contributed by atoms with Crippen molar-refractivity contribution in [2.45, 2.75) is 19.4 Å². The van der Waals surface area contributed by atoms with Crippen LogP contribution in [0.25, 0.3) is 0 Å². The van der Waals surface area contributed by atoms with Gasteiger partial charge in [0.05, 0.1) is 11.8 Å². The summed E-state index contributed by atoms with van der Waals surface area (Å²) in [5.74, 6) is -0.277. The molecule has 0 spiro atoms. The van der Waals surface area contributed by atoms with Crippen LogP contribution in [0.15, 0.2) is 18.2 Å². The number of hydrogen-bond donors (Lipinski definition) is 1. The van der Waals surface area contributed by atoms with Gasteiger partial charge < -0.3 is 14.9 Å². The summed E-state index contributed by atoms with van der Waals surface area (Å²) in [7, 11) is 5.90. The van der Waals surface area contributed by atoms with E-state index in [1.807, 2.05) is 26.0 Å². The van der Waals surface area contributed by atoms with Crippen LogP contribution < -0.4 is 4.90 Å². The molecule has 0 unspecified atom stereocenters. The number of rotatable bonds is 6. The SMILES string of the molecule is C[C@H](O)c1cccc(F)c1N(C)CCCN(C)C. The van der Waals surface area contributed by atoms with Gasteiger partial charge in [0.2, 0.25) is 0 Å². The van der Waals surface area contributed by atoms with E-state index in [0.29, 0.717) is 11.3 Å². The number of hydrogen-bond acceptors (Lipinski definition) is 3. The van der Waals surface area contributed by atoms with E-state index in [-0.39, 0.29) is 5.82 Å². The standard InChI is InChI=1S/C14H23FN2O/c1-11(18)12-7-5-8-13(15)14(12)17(4)10-6-9-16(2)3/h5,7-8,11,18H,6,9-10H2,1-4H3/t11-/m0/s1. The summed E-state index contributed by atoms with van der Waals surface area (Å²) in [6.07, 6.45) is 0.295. The molecule has 1 N–H and O–H groups in total. The number of aliphatic hydroxyl groups is 1. The summed E-state index contributed by atoms with van der Waals surface area (Å²) in [6, 6.07) is 4.84. The molecular weight excluding hydrogens is 231 g/mol. The third kappa shape index (κ3) is 3.96. The van der Waals surface area contributed by atoms with Gasteiger partial charge >= 0.3 is 0 Å². The fourth-order valence-electron chi connectivity index (χ4n) is 2.01. The molecule has 3 nitrogen and oxygen atoms in total. The highest BCUT2D eigenvalue weighted by Crippen LogP contribution is 2.28. The number of aliphatic hydroxyl groups excluding tert-OH is 1. The van der Waals surface area contributed by atoms with E-state index < -0.39 is 6.10 Å². The zero-order valence-electron chi connectivity index (χ0n) is 11.7. The fourth-order valence-corrected chi connectivity index (χ4v) is 2.01. The molecule has 0 aromatic heterocycles. The van der Waals surface area contributed by atoms with Gasteiger partial charge in [-0.15, -0.1) is 0 Å². The van der Waals surface area contributed by atoms with E-state index in [0.717, 1.165) is 19.5 Å². The van der Waals surface area contributed by atoms with Crippen molar-refractivity contribution in [3.05, 3.63) is 29.6 Å². The molecule has 1 rings (SSSR count). The summed E-state index contributed by atoms with van der Waals surface area (Å²) in [5, 5.41) is 9.69. The maximum atomic E-state index is 13.9. The molecule has 0 aliphatic rings. The summed E-state index contributed by atoms with van der Waals surface area (Å²) >= 11 is 0. The van der Waals surface area contributed by atoms with Gasteiger partial charge in [-0.05, 0) is 40.1 Å². The Morgan fingerprint density at radius 3 is 2.44 bits per heavy atom. The molecule has 0 saturated heterocycles. The van der Waals surface area contributed by atoms with Crippen LogP contribution in [0.2, 0.25) is 0 Å². The molecule has 1 aromatic carbocycles. The Morgan fingerprint density at radius 2 is 1.89 bits per heavy atom. The first-order valence-corrected chi connectivity index (χ1v) is 6.25. The Kier molecular flexibility index (Phi) is 5.56. The number of anilines is 1. The molecule has 0 saturated carbocycles. The monoisotopic (exact) mass is 254 g/mol. The zero-order chi connectivity index (χ0) is 13.7. The predicted molar refractivity (Wildman–Crippen MR) is 73.5 cm³/mol.